The molecule has 0 radical (unpaired) electrons. The average Bonchev–Trinajstić information content (AvgIpc) is 3.16. The van der Waals surface area contributed by atoms with Crippen LogP contribution in [-0.4, -0.2) is 44.8 Å². The fraction of sp³-hybridized carbons (Fsp3) is 0.625. The summed E-state index contributed by atoms with van der Waals surface area (Å²) in [5.74, 6) is -0.00411. The second-order valence-corrected chi connectivity index (χ2v) is 6.10. The van der Waals surface area contributed by atoms with Crippen molar-refractivity contribution in [2.75, 3.05) is 6.54 Å². The predicted molar refractivity (Wildman–Crippen MR) is 81.5 cm³/mol. The molecule has 0 N–H and O–H groups in total. The Bertz CT molecular complexity index is 517. The van der Waals surface area contributed by atoms with E-state index < -0.39 is 0 Å². The Balaban J connectivity index is 2.06. The van der Waals surface area contributed by atoms with Crippen LogP contribution >= 0.6 is 0 Å². The Morgan fingerprint density at radius 1 is 1.38 bits per heavy atom. The molecule has 21 heavy (non-hydrogen) atoms. The van der Waals surface area contributed by atoms with Crippen LogP contribution in [0, 0.1) is 0 Å². The van der Waals surface area contributed by atoms with Gasteiger partial charge in [0.2, 0.25) is 11.8 Å². The molecule has 0 atom stereocenters. The van der Waals surface area contributed by atoms with Gasteiger partial charge < -0.3 is 14.4 Å². The van der Waals surface area contributed by atoms with Gasteiger partial charge in [-0.05, 0) is 38.8 Å². The molecule has 5 heteroatoms. The van der Waals surface area contributed by atoms with Crippen molar-refractivity contribution in [3.8, 4) is 0 Å². The molecular weight excluding hydrogens is 266 g/mol. The number of aromatic nitrogens is 1. The standard InChI is InChI=1S/C16H25N3O2/c1-12(2)18(13(3)20)11-16(21)19(14-7-8-14)10-15-6-5-9-17(15)4/h5-6,9,12,14H,7-8,10-11H2,1-4H3. The van der Waals surface area contributed by atoms with E-state index in [-0.39, 0.29) is 24.4 Å². The van der Waals surface area contributed by atoms with Crippen molar-refractivity contribution in [1.29, 1.82) is 0 Å². The normalized spacial score (nSPS) is 14.3. The van der Waals surface area contributed by atoms with E-state index in [1.807, 2.05) is 48.7 Å². The van der Waals surface area contributed by atoms with Crippen molar-refractivity contribution in [2.45, 2.75) is 52.2 Å². The fourth-order valence-electron chi connectivity index (χ4n) is 2.54. The van der Waals surface area contributed by atoms with Crippen LogP contribution in [0.5, 0.6) is 0 Å². The molecule has 0 aliphatic heterocycles. The lowest BCUT2D eigenvalue weighted by Gasteiger charge is -2.29. The van der Waals surface area contributed by atoms with Gasteiger partial charge in [-0.2, -0.15) is 0 Å². The van der Waals surface area contributed by atoms with Crippen molar-refractivity contribution >= 4 is 11.8 Å². The molecule has 1 aliphatic carbocycles. The van der Waals surface area contributed by atoms with Gasteiger partial charge in [0.05, 0.1) is 13.1 Å². The van der Waals surface area contributed by atoms with Gasteiger partial charge in [0.25, 0.3) is 0 Å². The molecule has 0 bridgehead atoms. The van der Waals surface area contributed by atoms with Crippen LogP contribution in [0.4, 0.5) is 0 Å². The smallest absolute Gasteiger partial charge is 0.242 e. The summed E-state index contributed by atoms with van der Waals surface area (Å²) in [5.41, 5.74) is 1.12. The molecule has 116 valence electrons. The first-order chi connectivity index (χ1) is 9.90. The Hall–Kier alpha value is -1.78. The Morgan fingerprint density at radius 2 is 2.05 bits per heavy atom. The van der Waals surface area contributed by atoms with Crippen LogP contribution in [0.1, 0.15) is 39.3 Å². The molecule has 2 rings (SSSR count). The summed E-state index contributed by atoms with van der Waals surface area (Å²) in [7, 11) is 1.99. The van der Waals surface area contributed by atoms with Crippen LogP contribution < -0.4 is 0 Å². The van der Waals surface area contributed by atoms with Crippen LogP contribution in [-0.2, 0) is 23.2 Å². The van der Waals surface area contributed by atoms with Crippen molar-refractivity contribution < 1.29 is 9.59 Å². The van der Waals surface area contributed by atoms with E-state index in [2.05, 4.69) is 0 Å². The fourth-order valence-corrected chi connectivity index (χ4v) is 2.54. The van der Waals surface area contributed by atoms with Crippen LogP contribution in [0.25, 0.3) is 0 Å². The Labute approximate surface area is 126 Å². The van der Waals surface area contributed by atoms with E-state index in [0.717, 1.165) is 18.5 Å². The minimum atomic E-state index is -0.0482. The zero-order chi connectivity index (χ0) is 15.6. The summed E-state index contributed by atoms with van der Waals surface area (Å²) in [5, 5.41) is 0. The predicted octanol–water partition coefficient (Wildman–Crippen LogP) is 1.77. The number of amides is 2. The molecular formula is C16H25N3O2. The minimum absolute atomic E-state index is 0.0440. The Kier molecular flexibility index (Phi) is 4.70. The van der Waals surface area contributed by atoms with Crippen molar-refractivity contribution in [3.05, 3.63) is 24.0 Å². The summed E-state index contributed by atoms with van der Waals surface area (Å²) in [6, 6.07) is 4.41. The van der Waals surface area contributed by atoms with Crippen LogP contribution in [0.3, 0.4) is 0 Å². The second-order valence-electron chi connectivity index (χ2n) is 6.10. The first kappa shape index (κ1) is 15.6. The van der Waals surface area contributed by atoms with E-state index in [1.54, 1.807) is 4.90 Å². The van der Waals surface area contributed by atoms with Gasteiger partial charge in [-0.15, -0.1) is 0 Å². The van der Waals surface area contributed by atoms with Crippen LogP contribution in [0.15, 0.2) is 18.3 Å². The highest BCUT2D eigenvalue weighted by molar-refractivity contribution is 5.84. The summed E-state index contributed by atoms with van der Waals surface area (Å²) in [6.07, 6.45) is 4.12. The number of carbonyl (C=O) groups excluding carboxylic acids is 2. The average molecular weight is 291 g/mol. The van der Waals surface area contributed by atoms with Crippen LogP contribution in [0.2, 0.25) is 0 Å². The van der Waals surface area contributed by atoms with E-state index in [0.29, 0.717) is 12.6 Å². The third-order valence-electron chi connectivity index (χ3n) is 4.03. The molecule has 1 heterocycles. The highest BCUT2D eigenvalue weighted by Gasteiger charge is 2.34. The summed E-state index contributed by atoms with van der Waals surface area (Å²) < 4.78 is 2.04. The highest BCUT2D eigenvalue weighted by atomic mass is 16.2. The van der Waals surface area contributed by atoms with Gasteiger partial charge >= 0.3 is 0 Å². The molecule has 1 fully saturated rings. The van der Waals surface area contributed by atoms with Gasteiger partial charge in [-0.3, -0.25) is 9.59 Å². The molecule has 0 aromatic carbocycles. The number of aryl methyl sites for hydroxylation is 1. The van der Waals surface area contributed by atoms with Crippen molar-refractivity contribution in [2.24, 2.45) is 7.05 Å². The lowest BCUT2D eigenvalue weighted by molar-refractivity contribution is -0.141. The third-order valence-corrected chi connectivity index (χ3v) is 4.03. The maximum absolute atomic E-state index is 12.6. The Morgan fingerprint density at radius 3 is 2.48 bits per heavy atom. The minimum Gasteiger partial charge on any atom is -0.353 e. The molecule has 0 spiro atoms. The number of hydrogen-bond acceptors (Lipinski definition) is 2. The van der Waals surface area contributed by atoms with Crippen molar-refractivity contribution in [3.63, 3.8) is 0 Å². The SMILES string of the molecule is CC(=O)N(CC(=O)N(Cc1cccn1C)C1CC1)C(C)C. The zero-order valence-electron chi connectivity index (χ0n) is 13.4. The van der Waals surface area contributed by atoms with Gasteiger partial charge in [0, 0.05) is 37.9 Å². The largest absolute Gasteiger partial charge is 0.353 e. The van der Waals surface area contributed by atoms with E-state index >= 15 is 0 Å². The molecule has 5 nitrogen and oxygen atoms in total. The second kappa shape index (κ2) is 6.33. The molecule has 1 aromatic heterocycles. The topological polar surface area (TPSA) is 45.6 Å². The maximum atomic E-state index is 12.6. The molecule has 1 aromatic rings. The number of rotatable bonds is 6. The molecule has 2 amide bonds. The summed E-state index contributed by atoms with van der Waals surface area (Å²) in [6.45, 7) is 6.19. The number of nitrogens with zero attached hydrogens (tertiary/aromatic N) is 3. The highest BCUT2D eigenvalue weighted by Crippen LogP contribution is 2.28. The molecule has 0 saturated heterocycles. The van der Waals surface area contributed by atoms with Gasteiger partial charge in [-0.25, -0.2) is 0 Å². The van der Waals surface area contributed by atoms with Gasteiger partial charge in [0.15, 0.2) is 0 Å². The molecule has 0 unspecified atom stereocenters. The lowest BCUT2D eigenvalue weighted by atomic mass is 10.3. The first-order valence-corrected chi connectivity index (χ1v) is 7.57. The third kappa shape index (κ3) is 3.86. The van der Waals surface area contributed by atoms with E-state index in [4.69, 9.17) is 0 Å². The summed E-state index contributed by atoms with van der Waals surface area (Å²) >= 11 is 0. The first-order valence-electron chi connectivity index (χ1n) is 7.57. The van der Waals surface area contributed by atoms with Gasteiger partial charge in [-0.1, -0.05) is 0 Å². The van der Waals surface area contributed by atoms with Gasteiger partial charge in [0.1, 0.15) is 0 Å². The quantitative estimate of drug-likeness (QED) is 0.802. The van der Waals surface area contributed by atoms with E-state index in [9.17, 15) is 9.59 Å². The number of hydrogen-bond donors (Lipinski definition) is 0. The molecule has 1 saturated carbocycles. The monoisotopic (exact) mass is 291 g/mol. The zero-order valence-corrected chi connectivity index (χ0v) is 13.4. The van der Waals surface area contributed by atoms with E-state index in [1.165, 1.54) is 6.92 Å². The summed E-state index contributed by atoms with van der Waals surface area (Å²) in [4.78, 5) is 27.8. The maximum Gasteiger partial charge on any atom is 0.242 e. The lowest BCUT2D eigenvalue weighted by Crippen LogP contribution is -2.45. The number of carbonyl (C=O) groups is 2. The molecule has 1 aliphatic rings. The van der Waals surface area contributed by atoms with Crippen molar-refractivity contribution in [1.82, 2.24) is 14.4 Å².